The van der Waals surface area contributed by atoms with Gasteiger partial charge in [-0.1, -0.05) is 18.2 Å². The number of amides is 1. The number of rotatable bonds is 5. The van der Waals surface area contributed by atoms with Gasteiger partial charge in [-0.05, 0) is 61.1 Å². The SMILES string of the molecule is Cc1ccc(-c2nc3ccccc3o2)cc1NC(=S)NC(=O)c1ccc(N2CCOCC2)c([N+](=O)[O-])c1. The topological polar surface area (TPSA) is 123 Å². The van der Waals surface area contributed by atoms with E-state index in [1.165, 1.54) is 6.07 Å². The van der Waals surface area contributed by atoms with Crippen LogP contribution in [0.5, 0.6) is 0 Å². The number of nitrogens with one attached hydrogen (secondary N) is 2. The second-order valence-electron chi connectivity index (χ2n) is 8.48. The van der Waals surface area contributed by atoms with Gasteiger partial charge in [0, 0.05) is 36.0 Å². The molecule has 11 heteroatoms. The van der Waals surface area contributed by atoms with Crippen LogP contribution in [0.25, 0.3) is 22.6 Å². The molecule has 37 heavy (non-hydrogen) atoms. The Balaban J connectivity index is 1.31. The molecule has 1 aliphatic rings. The number of nitro benzene ring substituents is 1. The second kappa shape index (κ2) is 10.3. The van der Waals surface area contributed by atoms with E-state index in [0.29, 0.717) is 49.2 Å². The van der Waals surface area contributed by atoms with Crippen molar-refractivity contribution in [2.24, 2.45) is 0 Å². The van der Waals surface area contributed by atoms with Gasteiger partial charge in [0.2, 0.25) is 5.89 Å². The summed E-state index contributed by atoms with van der Waals surface area (Å²) in [5, 5.41) is 17.4. The Kier molecular flexibility index (Phi) is 6.80. The number of aromatic nitrogens is 1. The minimum Gasteiger partial charge on any atom is -0.436 e. The number of oxazole rings is 1. The van der Waals surface area contributed by atoms with Crippen LogP contribution in [0.15, 0.2) is 65.1 Å². The van der Waals surface area contributed by atoms with Gasteiger partial charge in [0.25, 0.3) is 11.6 Å². The standard InChI is InChI=1S/C26H23N5O5S/c1-16-6-7-18(25-27-19-4-2-3-5-23(19)36-25)14-20(16)28-26(37)29-24(32)17-8-9-21(22(15-17)31(33)34)30-10-12-35-13-11-30/h2-9,14-15H,10-13H2,1H3,(H2,28,29,32,37). The third-order valence-corrected chi connectivity index (χ3v) is 6.24. The van der Waals surface area contributed by atoms with E-state index in [4.69, 9.17) is 21.4 Å². The van der Waals surface area contributed by atoms with Crippen molar-refractivity contribution in [1.29, 1.82) is 0 Å². The van der Waals surface area contributed by atoms with Gasteiger partial charge in [0.15, 0.2) is 10.7 Å². The maximum absolute atomic E-state index is 12.9. The number of nitro groups is 1. The molecule has 0 radical (unpaired) electrons. The van der Waals surface area contributed by atoms with Crippen molar-refractivity contribution in [2.45, 2.75) is 6.92 Å². The van der Waals surface area contributed by atoms with E-state index in [0.717, 1.165) is 16.6 Å². The number of anilines is 2. The van der Waals surface area contributed by atoms with E-state index >= 15 is 0 Å². The number of para-hydroxylation sites is 2. The quantitative estimate of drug-likeness (QED) is 0.221. The lowest BCUT2D eigenvalue weighted by atomic mass is 10.1. The minimum atomic E-state index is -0.554. The molecular weight excluding hydrogens is 494 g/mol. The van der Waals surface area contributed by atoms with Crippen LogP contribution >= 0.6 is 12.2 Å². The lowest BCUT2D eigenvalue weighted by Crippen LogP contribution is -2.37. The molecule has 1 aliphatic heterocycles. The first-order chi connectivity index (χ1) is 17.9. The summed E-state index contributed by atoms with van der Waals surface area (Å²) in [6.45, 7) is 3.97. The molecule has 1 aromatic heterocycles. The molecule has 0 bridgehead atoms. The number of ether oxygens (including phenoxy) is 1. The maximum atomic E-state index is 12.9. The molecule has 0 atom stereocenters. The van der Waals surface area contributed by atoms with Crippen LogP contribution in [-0.4, -0.2) is 47.2 Å². The number of hydrogen-bond donors (Lipinski definition) is 2. The van der Waals surface area contributed by atoms with Crippen molar-refractivity contribution in [3.8, 4) is 11.5 Å². The Morgan fingerprint density at radius 2 is 1.89 bits per heavy atom. The van der Waals surface area contributed by atoms with Gasteiger partial charge in [-0.15, -0.1) is 0 Å². The smallest absolute Gasteiger partial charge is 0.293 e. The van der Waals surface area contributed by atoms with Gasteiger partial charge >= 0.3 is 0 Å². The highest BCUT2D eigenvalue weighted by Crippen LogP contribution is 2.30. The molecule has 2 heterocycles. The first kappa shape index (κ1) is 24.3. The van der Waals surface area contributed by atoms with Gasteiger partial charge in [0.1, 0.15) is 11.2 Å². The predicted octanol–water partition coefficient (Wildman–Crippen LogP) is 4.67. The highest BCUT2D eigenvalue weighted by atomic mass is 32.1. The molecule has 188 valence electrons. The summed E-state index contributed by atoms with van der Waals surface area (Å²) < 4.78 is 11.2. The average Bonchev–Trinajstić information content (AvgIpc) is 3.34. The minimum absolute atomic E-state index is 0.0581. The summed E-state index contributed by atoms with van der Waals surface area (Å²) in [7, 11) is 0. The number of fused-ring (bicyclic) bond motifs is 1. The van der Waals surface area contributed by atoms with E-state index < -0.39 is 10.8 Å². The van der Waals surface area contributed by atoms with Crippen LogP contribution in [0, 0.1) is 17.0 Å². The highest BCUT2D eigenvalue weighted by molar-refractivity contribution is 7.80. The zero-order valence-electron chi connectivity index (χ0n) is 19.9. The molecule has 0 saturated carbocycles. The molecule has 1 fully saturated rings. The van der Waals surface area contributed by atoms with E-state index in [2.05, 4.69) is 15.6 Å². The first-order valence-electron chi connectivity index (χ1n) is 11.6. The number of aryl methyl sites for hydroxylation is 1. The number of benzene rings is 3. The monoisotopic (exact) mass is 517 g/mol. The average molecular weight is 518 g/mol. The summed E-state index contributed by atoms with van der Waals surface area (Å²) in [5.41, 5.74) is 4.18. The third kappa shape index (κ3) is 5.27. The fourth-order valence-electron chi connectivity index (χ4n) is 4.10. The van der Waals surface area contributed by atoms with Crippen molar-refractivity contribution < 1.29 is 18.9 Å². The first-order valence-corrected chi connectivity index (χ1v) is 12.0. The number of carbonyl (C=O) groups is 1. The number of thiocarbonyl (C=S) groups is 1. The zero-order valence-corrected chi connectivity index (χ0v) is 20.7. The van der Waals surface area contributed by atoms with Crippen molar-refractivity contribution in [1.82, 2.24) is 10.3 Å². The molecule has 0 aliphatic carbocycles. The molecule has 1 amide bonds. The molecule has 4 aromatic rings. The van der Waals surface area contributed by atoms with Crippen molar-refractivity contribution >= 4 is 51.4 Å². The molecular formula is C26H23N5O5S. The summed E-state index contributed by atoms with van der Waals surface area (Å²) >= 11 is 5.36. The highest BCUT2D eigenvalue weighted by Gasteiger charge is 2.23. The van der Waals surface area contributed by atoms with Crippen molar-refractivity contribution in [3.05, 3.63) is 81.9 Å². The van der Waals surface area contributed by atoms with E-state index in [9.17, 15) is 14.9 Å². The van der Waals surface area contributed by atoms with Gasteiger partial charge in [-0.25, -0.2) is 4.98 Å². The zero-order chi connectivity index (χ0) is 25.9. The Bertz CT molecular complexity index is 1480. The molecule has 10 nitrogen and oxygen atoms in total. The third-order valence-electron chi connectivity index (χ3n) is 6.04. The summed E-state index contributed by atoms with van der Waals surface area (Å²) in [4.78, 5) is 30.5. The van der Waals surface area contributed by atoms with Crippen LogP contribution in [-0.2, 0) is 4.74 Å². The summed E-state index contributed by atoms with van der Waals surface area (Å²) in [6, 6.07) is 17.5. The normalized spacial score (nSPS) is 13.4. The van der Waals surface area contributed by atoms with Gasteiger partial charge in [-0.2, -0.15) is 0 Å². The van der Waals surface area contributed by atoms with Crippen molar-refractivity contribution in [2.75, 3.05) is 36.5 Å². The van der Waals surface area contributed by atoms with Crippen LogP contribution in [0.3, 0.4) is 0 Å². The van der Waals surface area contributed by atoms with E-state index in [1.54, 1.807) is 12.1 Å². The van der Waals surface area contributed by atoms with E-state index in [-0.39, 0.29) is 16.4 Å². The van der Waals surface area contributed by atoms with E-state index in [1.807, 2.05) is 54.3 Å². The Hall–Kier alpha value is -4.35. The number of nitrogens with zero attached hydrogens (tertiary/aromatic N) is 3. The van der Waals surface area contributed by atoms with Crippen LogP contribution < -0.4 is 15.5 Å². The number of hydrogen-bond acceptors (Lipinski definition) is 8. The molecule has 1 saturated heterocycles. The maximum Gasteiger partial charge on any atom is 0.293 e. The van der Waals surface area contributed by atoms with Crippen LogP contribution in [0.2, 0.25) is 0 Å². The Morgan fingerprint density at radius 3 is 2.65 bits per heavy atom. The summed E-state index contributed by atoms with van der Waals surface area (Å²) in [5.74, 6) is -0.0891. The fourth-order valence-corrected chi connectivity index (χ4v) is 4.30. The van der Waals surface area contributed by atoms with Crippen LogP contribution in [0.4, 0.5) is 17.1 Å². The molecule has 0 spiro atoms. The second-order valence-corrected chi connectivity index (χ2v) is 8.89. The lowest BCUT2D eigenvalue weighted by molar-refractivity contribution is -0.384. The van der Waals surface area contributed by atoms with Gasteiger partial charge in [-0.3, -0.25) is 20.2 Å². The molecule has 5 rings (SSSR count). The molecule has 0 unspecified atom stereocenters. The Morgan fingerprint density at radius 1 is 1.11 bits per heavy atom. The van der Waals surface area contributed by atoms with Gasteiger partial charge in [0.05, 0.1) is 18.1 Å². The molecule has 3 aromatic carbocycles. The number of carbonyl (C=O) groups excluding carboxylic acids is 1. The van der Waals surface area contributed by atoms with Crippen LogP contribution in [0.1, 0.15) is 15.9 Å². The van der Waals surface area contributed by atoms with Crippen molar-refractivity contribution in [3.63, 3.8) is 0 Å². The Labute approximate surface area is 217 Å². The summed E-state index contributed by atoms with van der Waals surface area (Å²) in [6.07, 6.45) is 0. The van der Waals surface area contributed by atoms with Gasteiger partial charge < -0.3 is 19.4 Å². The number of morpholine rings is 1. The largest absolute Gasteiger partial charge is 0.436 e. The molecule has 2 N–H and O–H groups in total. The predicted molar refractivity (Wildman–Crippen MR) is 144 cm³/mol. The lowest BCUT2D eigenvalue weighted by Gasteiger charge is -2.28. The fraction of sp³-hybridized carbons (Fsp3) is 0.192.